The molecule has 0 aliphatic heterocycles. The summed E-state index contributed by atoms with van der Waals surface area (Å²) in [7, 11) is 0. The Hall–Kier alpha value is -0.590. The number of nitrogens with two attached hydrogens (primary N) is 3. The lowest BCUT2D eigenvalue weighted by atomic mass is 10.4. The fraction of sp³-hybridized carbons (Fsp3) is 0.333. The SMILES string of the molecule is Cc1nc(N)sc1C.Cl.NC(N)=S. The van der Waals surface area contributed by atoms with Crippen LogP contribution < -0.4 is 17.2 Å². The van der Waals surface area contributed by atoms with Crippen LogP contribution in [0.25, 0.3) is 0 Å². The molecular weight excluding hydrogens is 228 g/mol. The maximum atomic E-state index is 5.39. The van der Waals surface area contributed by atoms with E-state index in [1.165, 1.54) is 16.2 Å². The summed E-state index contributed by atoms with van der Waals surface area (Å²) in [5.74, 6) is 0. The zero-order valence-corrected chi connectivity index (χ0v) is 9.85. The van der Waals surface area contributed by atoms with Gasteiger partial charge in [-0.05, 0) is 26.1 Å². The van der Waals surface area contributed by atoms with Gasteiger partial charge in [-0.1, -0.05) is 0 Å². The van der Waals surface area contributed by atoms with Gasteiger partial charge >= 0.3 is 0 Å². The summed E-state index contributed by atoms with van der Waals surface area (Å²) in [5, 5.41) is 0.667. The molecule has 1 rings (SSSR count). The normalized spacial score (nSPS) is 7.85. The van der Waals surface area contributed by atoms with Crippen molar-refractivity contribution in [1.82, 2.24) is 4.98 Å². The van der Waals surface area contributed by atoms with Gasteiger partial charge in [0.1, 0.15) is 0 Å². The molecule has 0 radical (unpaired) electrons. The van der Waals surface area contributed by atoms with Crippen molar-refractivity contribution in [3.05, 3.63) is 10.6 Å². The lowest BCUT2D eigenvalue weighted by Crippen LogP contribution is -2.18. The van der Waals surface area contributed by atoms with Crippen molar-refractivity contribution in [3.63, 3.8) is 0 Å². The first-order valence-electron chi connectivity index (χ1n) is 3.18. The monoisotopic (exact) mass is 240 g/mol. The lowest BCUT2D eigenvalue weighted by Gasteiger charge is -1.77. The molecule has 0 spiro atoms. The second kappa shape index (κ2) is 6.88. The average molecular weight is 241 g/mol. The van der Waals surface area contributed by atoms with Crippen LogP contribution in [0.3, 0.4) is 0 Å². The molecule has 0 atom stereocenters. The highest BCUT2D eigenvalue weighted by Crippen LogP contribution is 2.16. The van der Waals surface area contributed by atoms with Gasteiger partial charge in [0.25, 0.3) is 0 Å². The van der Waals surface area contributed by atoms with Crippen LogP contribution in [0.2, 0.25) is 0 Å². The van der Waals surface area contributed by atoms with E-state index in [4.69, 9.17) is 5.73 Å². The first-order valence-corrected chi connectivity index (χ1v) is 4.40. The van der Waals surface area contributed by atoms with Gasteiger partial charge in [0.05, 0.1) is 5.69 Å². The van der Waals surface area contributed by atoms with Crippen molar-refractivity contribution in [2.75, 3.05) is 5.73 Å². The van der Waals surface area contributed by atoms with E-state index in [-0.39, 0.29) is 17.5 Å². The van der Waals surface area contributed by atoms with Crippen molar-refractivity contribution in [2.24, 2.45) is 11.5 Å². The third-order valence-electron chi connectivity index (χ3n) is 1.05. The van der Waals surface area contributed by atoms with Gasteiger partial charge in [-0.25, -0.2) is 4.98 Å². The molecule has 6 N–H and O–H groups in total. The highest BCUT2D eigenvalue weighted by atomic mass is 35.5. The third kappa shape index (κ3) is 7.76. The molecule has 1 aromatic heterocycles. The van der Waals surface area contributed by atoms with E-state index in [9.17, 15) is 0 Å². The minimum absolute atomic E-state index is 0. The quantitative estimate of drug-likeness (QED) is 0.588. The standard InChI is InChI=1S/C5H8N2S.CH4N2S.ClH/c1-3-4(2)8-5(6)7-3;2-1(3)4;/h1-2H3,(H2,6,7);(H4,2,3,4);1H. The number of rotatable bonds is 0. The molecule has 7 heteroatoms. The summed E-state index contributed by atoms with van der Waals surface area (Å²) in [6, 6.07) is 0. The van der Waals surface area contributed by atoms with Gasteiger partial charge in [-0.3, -0.25) is 0 Å². The van der Waals surface area contributed by atoms with E-state index >= 15 is 0 Å². The topological polar surface area (TPSA) is 90.9 Å². The summed E-state index contributed by atoms with van der Waals surface area (Å²) < 4.78 is 0. The van der Waals surface area contributed by atoms with Crippen LogP contribution in [0, 0.1) is 13.8 Å². The number of aromatic nitrogens is 1. The maximum absolute atomic E-state index is 5.39. The fourth-order valence-corrected chi connectivity index (χ4v) is 1.19. The Morgan fingerprint density at radius 3 is 1.85 bits per heavy atom. The number of hydrogen-bond acceptors (Lipinski definition) is 4. The van der Waals surface area contributed by atoms with E-state index in [0.717, 1.165) is 5.69 Å². The molecule has 0 bridgehead atoms. The second-order valence-electron chi connectivity index (χ2n) is 2.10. The van der Waals surface area contributed by atoms with Crippen molar-refractivity contribution in [3.8, 4) is 0 Å². The number of anilines is 1. The van der Waals surface area contributed by atoms with Crippen molar-refractivity contribution >= 4 is 46.2 Å². The van der Waals surface area contributed by atoms with Crippen LogP contribution in [-0.2, 0) is 0 Å². The van der Waals surface area contributed by atoms with Gasteiger partial charge in [0, 0.05) is 4.88 Å². The fourth-order valence-electron chi connectivity index (χ4n) is 0.498. The highest BCUT2D eigenvalue weighted by molar-refractivity contribution is 7.80. The van der Waals surface area contributed by atoms with E-state index < -0.39 is 0 Å². The van der Waals surface area contributed by atoms with E-state index in [0.29, 0.717) is 5.13 Å². The van der Waals surface area contributed by atoms with Gasteiger partial charge in [0.15, 0.2) is 10.2 Å². The molecule has 76 valence electrons. The molecule has 0 aromatic carbocycles. The molecule has 1 heterocycles. The first-order chi connectivity index (χ1) is 5.43. The number of halogens is 1. The van der Waals surface area contributed by atoms with Gasteiger partial charge in [-0.15, -0.1) is 23.7 Å². The van der Waals surface area contributed by atoms with Gasteiger partial charge in [0.2, 0.25) is 0 Å². The Labute approximate surface area is 92.9 Å². The smallest absolute Gasteiger partial charge is 0.180 e. The van der Waals surface area contributed by atoms with Crippen LogP contribution in [0.4, 0.5) is 5.13 Å². The van der Waals surface area contributed by atoms with Crippen molar-refractivity contribution in [2.45, 2.75) is 13.8 Å². The molecule has 0 amide bonds. The highest BCUT2D eigenvalue weighted by Gasteiger charge is 1.96. The van der Waals surface area contributed by atoms with E-state index in [2.05, 4.69) is 28.7 Å². The molecule has 0 saturated carbocycles. The molecule has 0 unspecified atom stereocenters. The third-order valence-corrected chi connectivity index (χ3v) is 1.95. The second-order valence-corrected chi connectivity index (χ2v) is 3.80. The summed E-state index contributed by atoms with van der Waals surface area (Å²) >= 11 is 5.63. The predicted molar refractivity (Wildman–Crippen MR) is 64.2 cm³/mol. The Kier molecular flexibility index (Phi) is 7.89. The number of nitrogens with zero attached hydrogens (tertiary/aromatic N) is 1. The number of nitrogen functional groups attached to an aromatic ring is 1. The van der Waals surface area contributed by atoms with Crippen molar-refractivity contribution < 1.29 is 0 Å². The zero-order valence-electron chi connectivity index (χ0n) is 7.40. The summed E-state index contributed by atoms with van der Waals surface area (Å²) in [6.45, 7) is 3.98. The van der Waals surface area contributed by atoms with Crippen LogP contribution in [-0.4, -0.2) is 10.1 Å². The van der Waals surface area contributed by atoms with Crippen molar-refractivity contribution in [1.29, 1.82) is 0 Å². The van der Waals surface area contributed by atoms with Crippen LogP contribution in [0.15, 0.2) is 0 Å². The molecule has 13 heavy (non-hydrogen) atoms. The molecule has 0 saturated heterocycles. The lowest BCUT2D eigenvalue weighted by molar-refractivity contribution is 1.24. The number of thiazole rings is 1. The summed E-state index contributed by atoms with van der Waals surface area (Å²) in [6.07, 6.45) is 0. The molecule has 0 fully saturated rings. The molecular formula is C6H13ClN4S2. The summed E-state index contributed by atoms with van der Waals surface area (Å²) in [4.78, 5) is 5.22. The minimum Gasteiger partial charge on any atom is -0.377 e. The van der Waals surface area contributed by atoms with E-state index in [1.54, 1.807) is 0 Å². The minimum atomic E-state index is 0. The number of aryl methyl sites for hydroxylation is 2. The number of hydrogen-bond donors (Lipinski definition) is 3. The van der Waals surface area contributed by atoms with Crippen LogP contribution >= 0.6 is 36.0 Å². The Morgan fingerprint density at radius 2 is 1.77 bits per heavy atom. The Morgan fingerprint density at radius 1 is 1.38 bits per heavy atom. The average Bonchev–Trinajstić information content (AvgIpc) is 2.08. The van der Waals surface area contributed by atoms with Crippen LogP contribution in [0.1, 0.15) is 10.6 Å². The Bertz CT molecular complexity index is 250. The molecule has 0 aliphatic carbocycles. The molecule has 1 aromatic rings. The summed E-state index contributed by atoms with van der Waals surface area (Å²) in [5.41, 5.74) is 15.7. The van der Waals surface area contributed by atoms with Crippen LogP contribution in [0.5, 0.6) is 0 Å². The molecule has 4 nitrogen and oxygen atoms in total. The van der Waals surface area contributed by atoms with E-state index in [1.807, 2.05) is 13.8 Å². The first kappa shape index (κ1) is 14.9. The predicted octanol–water partition coefficient (Wildman–Crippen LogP) is 0.953. The number of thiocarbonyl (C=S) groups is 1. The van der Waals surface area contributed by atoms with Gasteiger partial charge < -0.3 is 17.2 Å². The largest absolute Gasteiger partial charge is 0.377 e. The molecule has 0 aliphatic rings. The van der Waals surface area contributed by atoms with Gasteiger partial charge in [-0.2, -0.15) is 0 Å². The maximum Gasteiger partial charge on any atom is 0.180 e. The zero-order chi connectivity index (χ0) is 9.72. The Balaban J connectivity index is 0.